The van der Waals surface area contributed by atoms with Crippen LogP contribution in [0.15, 0.2) is 53.6 Å². The summed E-state index contributed by atoms with van der Waals surface area (Å²) in [7, 11) is -3.67. The summed E-state index contributed by atoms with van der Waals surface area (Å²) < 4.78 is 32.4. The number of ether oxygens (including phenoxy) is 1. The summed E-state index contributed by atoms with van der Waals surface area (Å²) in [5, 5.41) is 3.74. The van der Waals surface area contributed by atoms with Gasteiger partial charge in [-0.25, -0.2) is 8.42 Å². The number of benzene rings is 2. The van der Waals surface area contributed by atoms with Crippen molar-refractivity contribution in [1.82, 2.24) is 9.29 Å². The van der Waals surface area contributed by atoms with E-state index in [1.807, 2.05) is 26.0 Å². The first kappa shape index (κ1) is 20.5. The lowest BCUT2D eigenvalue weighted by Gasteiger charge is -2.26. The Hall–Kier alpha value is -2.81. The molecular formula is C22H23N3O4S. The molecule has 2 heterocycles. The van der Waals surface area contributed by atoms with Crippen molar-refractivity contribution in [2.75, 3.05) is 31.6 Å². The number of carbonyl (C=O) groups is 1. The Morgan fingerprint density at radius 3 is 2.63 bits per heavy atom. The van der Waals surface area contributed by atoms with E-state index in [1.54, 1.807) is 24.4 Å². The van der Waals surface area contributed by atoms with Crippen LogP contribution in [0, 0.1) is 13.8 Å². The molecule has 0 atom stereocenters. The average molecular weight is 426 g/mol. The van der Waals surface area contributed by atoms with Crippen LogP contribution >= 0.6 is 0 Å². The molecule has 156 valence electrons. The van der Waals surface area contributed by atoms with Gasteiger partial charge in [-0.1, -0.05) is 18.2 Å². The van der Waals surface area contributed by atoms with Crippen molar-refractivity contribution >= 4 is 32.5 Å². The van der Waals surface area contributed by atoms with E-state index < -0.39 is 10.0 Å². The standard InChI is InChI=1S/C22H23N3O4S/c1-15-6-7-19-20(8-9-23-21(19)16(15)2)24-22(26)17-4-3-5-18(14-17)30(27,28)25-10-12-29-13-11-25/h3-9,14H,10-13H2,1-2H3,(H,23,24,26). The number of pyridine rings is 1. The molecule has 8 heteroatoms. The second kappa shape index (κ2) is 8.14. The zero-order chi connectivity index (χ0) is 21.3. The molecule has 1 saturated heterocycles. The third-order valence-corrected chi connectivity index (χ3v) is 7.28. The SMILES string of the molecule is Cc1ccc2c(NC(=O)c3cccc(S(=O)(=O)N4CCOCC4)c3)ccnc2c1C. The van der Waals surface area contributed by atoms with Crippen LogP contribution in [0.2, 0.25) is 0 Å². The Kier molecular flexibility index (Phi) is 5.55. The van der Waals surface area contributed by atoms with Crippen molar-refractivity contribution in [1.29, 1.82) is 0 Å². The average Bonchev–Trinajstić information content (AvgIpc) is 2.77. The van der Waals surface area contributed by atoms with Gasteiger partial charge in [-0.15, -0.1) is 0 Å². The van der Waals surface area contributed by atoms with Crippen LogP contribution in [-0.4, -0.2) is 49.9 Å². The Morgan fingerprint density at radius 1 is 1.10 bits per heavy atom. The van der Waals surface area contributed by atoms with E-state index in [4.69, 9.17) is 4.74 Å². The lowest BCUT2D eigenvalue weighted by atomic mass is 10.0. The van der Waals surface area contributed by atoms with Gasteiger partial charge < -0.3 is 10.1 Å². The van der Waals surface area contributed by atoms with Crippen molar-refractivity contribution in [3.8, 4) is 0 Å². The van der Waals surface area contributed by atoms with Gasteiger partial charge in [0.25, 0.3) is 5.91 Å². The van der Waals surface area contributed by atoms with Crippen LogP contribution in [0.1, 0.15) is 21.5 Å². The molecule has 2 aromatic carbocycles. The molecule has 0 bridgehead atoms. The summed E-state index contributed by atoms with van der Waals surface area (Å²) in [5.41, 5.74) is 3.92. The van der Waals surface area contributed by atoms with Crippen LogP contribution in [0.4, 0.5) is 5.69 Å². The maximum absolute atomic E-state index is 12.9. The number of aryl methyl sites for hydroxylation is 2. The van der Waals surface area contributed by atoms with Crippen LogP contribution in [-0.2, 0) is 14.8 Å². The fourth-order valence-corrected chi connectivity index (χ4v) is 4.95. The molecule has 1 fully saturated rings. The van der Waals surface area contributed by atoms with E-state index in [9.17, 15) is 13.2 Å². The zero-order valence-corrected chi connectivity index (χ0v) is 17.7. The molecule has 4 rings (SSSR count). The highest BCUT2D eigenvalue weighted by molar-refractivity contribution is 7.89. The van der Waals surface area contributed by atoms with Crippen molar-refractivity contribution in [2.45, 2.75) is 18.7 Å². The van der Waals surface area contributed by atoms with Gasteiger partial charge in [0, 0.05) is 30.2 Å². The molecule has 1 aliphatic rings. The minimum absolute atomic E-state index is 0.100. The largest absolute Gasteiger partial charge is 0.379 e. The van der Waals surface area contributed by atoms with E-state index in [-0.39, 0.29) is 16.4 Å². The van der Waals surface area contributed by atoms with Gasteiger partial charge in [0.2, 0.25) is 10.0 Å². The van der Waals surface area contributed by atoms with Gasteiger partial charge >= 0.3 is 0 Å². The first-order valence-corrected chi connectivity index (χ1v) is 11.2. The summed E-state index contributed by atoms with van der Waals surface area (Å²) in [5.74, 6) is -0.375. The summed E-state index contributed by atoms with van der Waals surface area (Å²) in [6.07, 6.45) is 1.66. The first-order chi connectivity index (χ1) is 14.4. The Labute approximate surface area is 175 Å². The van der Waals surface area contributed by atoms with Gasteiger partial charge in [0.15, 0.2) is 0 Å². The summed E-state index contributed by atoms with van der Waals surface area (Å²) in [4.78, 5) is 17.4. The molecule has 1 aliphatic heterocycles. The molecule has 1 aromatic heterocycles. The van der Waals surface area contributed by atoms with Crippen molar-refractivity contribution in [3.05, 3.63) is 65.4 Å². The van der Waals surface area contributed by atoms with E-state index in [1.165, 1.54) is 16.4 Å². The molecule has 1 amide bonds. The molecule has 0 saturated carbocycles. The number of sulfonamides is 1. The number of anilines is 1. The highest BCUT2D eigenvalue weighted by atomic mass is 32.2. The number of amides is 1. The third kappa shape index (κ3) is 3.81. The van der Waals surface area contributed by atoms with Crippen molar-refractivity contribution in [2.24, 2.45) is 0 Å². The van der Waals surface area contributed by atoms with Crippen molar-refractivity contribution in [3.63, 3.8) is 0 Å². The number of fused-ring (bicyclic) bond motifs is 1. The number of aromatic nitrogens is 1. The van der Waals surface area contributed by atoms with E-state index >= 15 is 0 Å². The molecule has 30 heavy (non-hydrogen) atoms. The smallest absolute Gasteiger partial charge is 0.255 e. The number of rotatable bonds is 4. The summed E-state index contributed by atoms with van der Waals surface area (Å²) >= 11 is 0. The molecule has 1 N–H and O–H groups in total. The van der Waals surface area contributed by atoms with Crippen LogP contribution < -0.4 is 5.32 Å². The third-order valence-electron chi connectivity index (χ3n) is 5.39. The second-order valence-electron chi connectivity index (χ2n) is 7.26. The molecule has 0 spiro atoms. The number of hydrogen-bond donors (Lipinski definition) is 1. The highest BCUT2D eigenvalue weighted by Gasteiger charge is 2.27. The summed E-state index contributed by atoms with van der Waals surface area (Å²) in [6, 6.07) is 11.8. The lowest BCUT2D eigenvalue weighted by Crippen LogP contribution is -2.40. The van der Waals surface area contributed by atoms with Crippen LogP contribution in [0.5, 0.6) is 0 Å². The Balaban J connectivity index is 1.63. The Bertz CT molecular complexity index is 1220. The van der Waals surface area contributed by atoms with Crippen LogP contribution in [0.25, 0.3) is 10.9 Å². The number of morpholine rings is 1. The number of carbonyl (C=O) groups excluding carboxylic acids is 1. The lowest BCUT2D eigenvalue weighted by molar-refractivity contribution is 0.0730. The normalized spacial score (nSPS) is 15.3. The van der Waals surface area contributed by atoms with Crippen LogP contribution in [0.3, 0.4) is 0 Å². The minimum atomic E-state index is -3.67. The minimum Gasteiger partial charge on any atom is -0.379 e. The maximum atomic E-state index is 12.9. The van der Waals surface area contributed by atoms with Gasteiger partial charge in [-0.05, 0) is 49.2 Å². The molecule has 3 aromatic rings. The number of nitrogens with one attached hydrogen (secondary N) is 1. The highest BCUT2D eigenvalue weighted by Crippen LogP contribution is 2.27. The monoisotopic (exact) mass is 425 g/mol. The molecule has 0 radical (unpaired) electrons. The summed E-state index contributed by atoms with van der Waals surface area (Å²) in [6.45, 7) is 5.36. The van der Waals surface area contributed by atoms with Gasteiger partial charge in [-0.2, -0.15) is 4.31 Å². The molecule has 0 unspecified atom stereocenters. The predicted octanol–water partition coefficient (Wildman–Crippen LogP) is 3.12. The number of hydrogen-bond acceptors (Lipinski definition) is 5. The van der Waals surface area contributed by atoms with Gasteiger partial charge in [-0.3, -0.25) is 9.78 Å². The quantitative estimate of drug-likeness (QED) is 0.694. The molecule has 7 nitrogen and oxygen atoms in total. The predicted molar refractivity (Wildman–Crippen MR) is 115 cm³/mol. The molecule has 0 aliphatic carbocycles. The number of nitrogens with zero attached hydrogens (tertiary/aromatic N) is 2. The first-order valence-electron chi connectivity index (χ1n) is 9.72. The van der Waals surface area contributed by atoms with Gasteiger partial charge in [0.05, 0.1) is 29.3 Å². The van der Waals surface area contributed by atoms with Gasteiger partial charge in [0.1, 0.15) is 0 Å². The molecular weight excluding hydrogens is 402 g/mol. The second-order valence-corrected chi connectivity index (χ2v) is 9.20. The van der Waals surface area contributed by atoms with Crippen molar-refractivity contribution < 1.29 is 17.9 Å². The van der Waals surface area contributed by atoms with E-state index in [0.29, 0.717) is 32.0 Å². The zero-order valence-electron chi connectivity index (χ0n) is 16.9. The topological polar surface area (TPSA) is 88.6 Å². The fourth-order valence-electron chi connectivity index (χ4n) is 3.50. The maximum Gasteiger partial charge on any atom is 0.255 e. The Morgan fingerprint density at radius 2 is 1.87 bits per heavy atom. The fraction of sp³-hybridized carbons (Fsp3) is 0.273. The van der Waals surface area contributed by atoms with E-state index in [2.05, 4.69) is 10.3 Å². The van der Waals surface area contributed by atoms with E-state index in [0.717, 1.165) is 22.0 Å².